The molecule has 1 unspecified atom stereocenters. The zero-order chi connectivity index (χ0) is 19.4. The highest BCUT2D eigenvalue weighted by molar-refractivity contribution is 7.13. The zero-order valence-corrected chi connectivity index (χ0v) is 16.3. The van der Waals surface area contributed by atoms with Crippen molar-refractivity contribution >= 4 is 52.1 Å². The summed E-state index contributed by atoms with van der Waals surface area (Å²) in [7, 11) is 0. The Morgan fingerprint density at radius 2 is 2.04 bits per heavy atom. The van der Waals surface area contributed by atoms with E-state index >= 15 is 0 Å². The summed E-state index contributed by atoms with van der Waals surface area (Å²) in [5, 5.41) is 5.48. The molecular formula is C18H13Cl2N3O3S. The number of benzene rings is 1. The molecule has 138 valence electrons. The quantitative estimate of drug-likeness (QED) is 0.476. The molecule has 0 spiro atoms. The molecule has 0 aliphatic heterocycles. The first kappa shape index (κ1) is 19.3. The summed E-state index contributed by atoms with van der Waals surface area (Å²) in [5.41, 5.74) is 1.25. The highest BCUT2D eigenvalue weighted by atomic mass is 35.5. The summed E-state index contributed by atoms with van der Waals surface area (Å²) in [6.45, 7) is 1.46. The molecule has 6 nitrogen and oxygen atoms in total. The maximum absolute atomic E-state index is 12.3. The number of esters is 1. The largest absolute Gasteiger partial charge is 0.448 e. The minimum absolute atomic E-state index is 0.119. The van der Waals surface area contributed by atoms with E-state index in [1.807, 2.05) is 6.07 Å². The molecule has 0 aliphatic rings. The number of rotatable bonds is 5. The monoisotopic (exact) mass is 421 g/mol. The van der Waals surface area contributed by atoms with Crippen LogP contribution in [-0.2, 0) is 9.53 Å². The molecule has 0 aliphatic carbocycles. The van der Waals surface area contributed by atoms with Crippen LogP contribution in [0.25, 0.3) is 10.6 Å². The molecule has 0 radical (unpaired) electrons. The van der Waals surface area contributed by atoms with E-state index in [2.05, 4.69) is 15.3 Å². The number of ether oxygens (including phenoxy) is 1. The number of nitrogens with zero attached hydrogens (tertiary/aromatic N) is 2. The summed E-state index contributed by atoms with van der Waals surface area (Å²) >= 11 is 13.2. The van der Waals surface area contributed by atoms with Gasteiger partial charge < -0.3 is 10.1 Å². The van der Waals surface area contributed by atoms with Crippen molar-refractivity contribution in [3.05, 3.63) is 63.8 Å². The van der Waals surface area contributed by atoms with Crippen molar-refractivity contribution in [3.63, 3.8) is 0 Å². The van der Waals surface area contributed by atoms with Crippen LogP contribution >= 0.6 is 34.5 Å². The number of carbonyl (C=O) groups is 2. The summed E-state index contributed by atoms with van der Waals surface area (Å²) in [6, 6.07) is 10.4. The molecular weight excluding hydrogens is 409 g/mol. The van der Waals surface area contributed by atoms with Gasteiger partial charge in [0.15, 0.2) is 17.0 Å². The van der Waals surface area contributed by atoms with E-state index in [1.54, 1.807) is 35.7 Å². The molecule has 2 aromatic heterocycles. The fourth-order valence-corrected chi connectivity index (χ4v) is 3.25. The lowest BCUT2D eigenvalue weighted by Crippen LogP contribution is -2.30. The fraction of sp³-hybridized carbons (Fsp3) is 0.111. The SMILES string of the molecule is CC(OC(=O)c1csc(-c2cccc(Cl)c2)n1)C(=O)Nc1cccnc1Cl. The van der Waals surface area contributed by atoms with Crippen LogP contribution in [0, 0.1) is 0 Å². The first-order chi connectivity index (χ1) is 12.9. The van der Waals surface area contributed by atoms with Crippen LogP contribution in [0.5, 0.6) is 0 Å². The van der Waals surface area contributed by atoms with Crippen LogP contribution < -0.4 is 5.32 Å². The van der Waals surface area contributed by atoms with Crippen LogP contribution in [0.15, 0.2) is 48.0 Å². The lowest BCUT2D eigenvalue weighted by molar-refractivity contribution is -0.123. The number of amides is 1. The lowest BCUT2D eigenvalue weighted by atomic mass is 10.2. The normalized spacial score (nSPS) is 11.7. The Hall–Kier alpha value is -2.48. The van der Waals surface area contributed by atoms with Crippen molar-refractivity contribution in [2.24, 2.45) is 0 Å². The number of nitrogens with one attached hydrogen (secondary N) is 1. The average Bonchev–Trinajstić information content (AvgIpc) is 3.14. The summed E-state index contributed by atoms with van der Waals surface area (Å²) in [4.78, 5) is 32.6. The Morgan fingerprint density at radius 1 is 1.22 bits per heavy atom. The Morgan fingerprint density at radius 3 is 2.78 bits per heavy atom. The van der Waals surface area contributed by atoms with Gasteiger partial charge in [-0.3, -0.25) is 4.79 Å². The number of halogens is 2. The van der Waals surface area contributed by atoms with Crippen LogP contribution in [-0.4, -0.2) is 27.9 Å². The maximum atomic E-state index is 12.3. The smallest absolute Gasteiger partial charge is 0.358 e. The summed E-state index contributed by atoms with van der Waals surface area (Å²) in [5.74, 6) is -1.22. The second-order valence-corrected chi connectivity index (χ2v) is 7.08. The van der Waals surface area contributed by atoms with Gasteiger partial charge in [-0.15, -0.1) is 11.3 Å². The minimum Gasteiger partial charge on any atom is -0.448 e. The lowest BCUT2D eigenvalue weighted by Gasteiger charge is -2.13. The van der Waals surface area contributed by atoms with Crippen molar-refractivity contribution in [1.82, 2.24) is 9.97 Å². The maximum Gasteiger partial charge on any atom is 0.358 e. The van der Waals surface area contributed by atoms with E-state index in [0.717, 1.165) is 5.56 Å². The van der Waals surface area contributed by atoms with E-state index in [9.17, 15) is 9.59 Å². The van der Waals surface area contributed by atoms with Gasteiger partial charge in [0, 0.05) is 22.2 Å². The minimum atomic E-state index is -1.04. The number of aromatic nitrogens is 2. The van der Waals surface area contributed by atoms with Gasteiger partial charge in [0.05, 0.1) is 5.69 Å². The predicted molar refractivity (Wildman–Crippen MR) is 105 cm³/mol. The highest BCUT2D eigenvalue weighted by Crippen LogP contribution is 2.26. The molecule has 1 amide bonds. The number of anilines is 1. The van der Waals surface area contributed by atoms with Crippen LogP contribution in [0.4, 0.5) is 5.69 Å². The molecule has 1 N–H and O–H groups in total. The molecule has 0 saturated heterocycles. The van der Waals surface area contributed by atoms with Crippen molar-refractivity contribution < 1.29 is 14.3 Å². The molecule has 3 aromatic rings. The third-order valence-electron chi connectivity index (χ3n) is 3.45. The zero-order valence-electron chi connectivity index (χ0n) is 14.0. The van der Waals surface area contributed by atoms with Crippen molar-refractivity contribution in [3.8, 4) is 10.6 Å². The second kappa shape index (κ2) is 8.47. The van der Waals surface area contributed by atoms with Gasteiger partial charge in [0.2, 0.25) is 0 Å². The molecule has 1 atom stereocenters. The van der Waals surface area contributed by atoms with Crippen molar-refractivity contribution in [2.75, 3.05) is 5.32 Å². The van der Waals surface area contributed by atoms with Crippen molar-refractivity contribution in [2.45, 2.75) is 13.0 Å². The molecule has 1 aromatic carbocycles. The Labute approximate surface area is 169 Å². The summed E-state index contributed by atoms with van der Waals surface area (Å²) < 4.78 is 5.19. The molecule has 0 bridgehead atoms. The van der Waals surface area contributed by atoms with Gasteiger partial charge in [-0.2, -0.15) is 0 Å². The third kappa shape index (κ3) is 4.82. The van der Waals surface area contributed by atoms with Crippen LogP contribution in [0.3, 0.4) is 0 Å². The summed E-state index contributed by atoms with van der Waals surface area (Å²) in [6.07, 6.45) is 0.464. The standard InChI is InChI=1S/C18H13Cl2N3O3S/c1-10(16(24)22-13-6-3-7-21-15(13)20)26-18(25)14-9-27-17(23-14)11-4-2-5-12(19)8-11/h2-10H,1H3,(H,22,24). The Balaban J connectivity index is 1.65. The highest BCUT2D eigenvalue weighted by Gasteiger charge is 2.22. The van der Waals surface area contributed by atoms with E-state index in [4.69, 9.17) is 27.9 Å². The van der Waals surface area contributed by atoms with Gasteiger partial charge in [-0.05, 0) is 31.2 Å². The van der Waals surface area contributed by atoms with Gasteiger partial charge in [-0.25, -0.2) is 14.8 Å². The first-order valence-corrected chi connectivity index (χ1v) is 9.41. The predicted octanol–water partition coefficient (Wildman–Crippen LogP) is 4.70. The Bertz CT molecular complexity index is 993. The van der Waals surface area contributed by atoms with Crippen LogP contribution in [0.2, 0.25) is 10.2 Å². The van der Waals surface area contributed by atoms with E-state index in [1.165, 1.54) is 24.5 Å². The number of hydrogen-bond acceptors (Lipinski definition) is 6. The molecule has 27 heavy (non-hydrogen) atoms. The number of thiazole rings is 1. The van der Waals surface area contributed by atoms with Gasteiger partial charge >= 0.3 is 5.97 Å². The number of carbonyl (C=O) groups excluding carboxylic acids is 2. The first-order valence-electron chi connectivity index (χ1n) is 7.78. The number of pyridine rings is 1. The van der Waals surface area contributed by atoms with E-state index in [0.29, 0.717) is 15.7 Å². The van der Waals surface area contributed by atoms with Gasteiger partial charge in [0.25, 0.3) is 5.91 Å². The van der Waals surface area contributed by atoms with Crippen molar-refractivity contribution in [1.29, 1.82) is 0 Å². The number of hydrogen-bond donors (Lipinski definition) is 1. The van der Waals surface area contributed by atoms with Crippen LogP contribution in [0.1, 0.15) is 17.4 Å². The molecule has 0 fully saturated rings. The second-order valence-electron chi connectivity index (χ2n) is 5.43. The molecule has 2 heterocycles. The average molecular weight is 422 g/mol. The topological polar surface area (TPSA) is 81.2 Å². The van der Waals surface area contributed by atoms with E-state index in [-0.39, 0.29) is 10.8 Å². The van der Waals surface area contributed by atoms with Gasteiger partial charge in [0.1, 0.15) is 5.01 Å². The molecule has 9 heteroatoms. The van der Waals surface area contributed by atoms with E-state index < -0.39 is 18.0 Å². The molecule has 3 rings (SSSR count). The molecule has 0 saturated carbocycles. The van der Waals surface area contributed by atoms with Gasteiger partial charge in [-0.1, -0.05) is 35.3 Å². The Kier molecular flexibility index (Phi) is 6.05. The third-order valence-corrected chi connectivity index (χ3v) is 4.88. The fourth-order valence-electron chi connectivity index (χ4n) is 2.11.